The van der Waals surface area contributed by atoms with Gasteiger partial charge >= 0.3 is 0 Å². The molecule has 3 aromatic rings. The molecule has 0 saturated heterocycles. The molecule has 3 rings (SSSR count). The van der Waals surface area contributed by atoms with Gasteiger partial charge < -0.3 is 20.1 Å². The first-order chi connectivity index (χ1) is 13.8. The number of fused-ring (bicyclic) bond motifs is 1. The summed E-state index contributed by atoms with van der Waals surface area (Å²) in [7, 11) is 0. The van der Waals surface area contributed by atoms with Gasteiger partial charge in [0.15, 0.2) is 0 Å². The summed E-state index contributed by atoms with van der Waals surface area (Å²) in [6.45, 7) is 9.38. The summed E-state index contributed by atoms with van der Waals surface area (Å²) in [6.07, 6.45) is -0.704. The molecule has 1 aromatic heterocycles. The second-order valence-electron chi connectivity index (χ2n) is 8.31. The predicted molar refractivity (Wildman–Crippen MR) is 117 cm³/mol. The quantitative estimate of drug-likeness (QED) is 0.536. The van der Waals surface area contributed by atoms with E-state index in [1.807, 2.05) is 42.5 Å². The highest BCUT2D eigenvalue weighted by Gasteiger charge is 2.23. The lowest BCUT2D eigenvalue weighted by Gasteiger charge is -2.32. The standard InChI is InChI=1S/C24H30N2O3/c1-16(2)24(3,4)25-14-20(27)18-10-12-21(23-19(18)11-13-22(28)26-23)29-15-17-8-6-5-7-9-17/h5-13,16,20,25,27H,14-15H2,1-4H3,(H,26,28)/t20-/m0/s1. The van der Waals surface area contributed by atoms with Crippen LogP contribution >= 0.6 is 0 Å². The number of rotatable bonds is 8. The van der Waals surface area contributed by atoms with Gasteiger partial charge in [-0.25, -0.2) is 0 Å². The van der Waals surface area contributed by atoms with Crippen LogP contribution in [0.3, 0.4) is 0 Å². The van der Waals surface area contributed by atoms with Crippen LogP contribution in [0.25, 0.3) is 10.9 Å². The van der Waals surface area contributed by atoms with Gasteiger partial charge in [-0.2, -0.15) is 0 Å². The Morgan fingerprint density at radius 1 is 1.07 bits per heavy atom. The molecular weight excluding hydrogens is 364 g/mol. The molecule has 0 aliphatic rings. The average molecular weight is 395 g/mol. The van der Waals surface area contributed by atoms with Gasteiger partial charge in [-0.15, -0.1) is 0 Å². The molecule has 5 heteroatoms. The molecule has 154 valence electrons. The van der Waals surface area contributed by atoms with Crippen molar-refractivity contribution in [1.29, 1.82) is 0 Å². The van der Waals surface area contributed by atoms with Crippen LogP contribution in [-0.2, 0) is 6.61 Å². The molecule has 0 fully saturated rings. The zero-order valence-corrected chi connectivity index (χ0v) is 17.5. The third kappa shape index (κ3) is 5.05. The van der Waals surface area contributed by atoms with Gasteiger partial charge in [0.2, 0.25) is 5.56 Å². The number of aliphatic hydroxyl groups excluding tert-OH is 1. The van der Waals surface area contributed by atoms with Crippen molar-refractivity contribution in [3.8, 4) is 5.75 Å². The number of pyridine rings is 1. The van der Waals surface area contributed by atoms with Crippen LogP contribution in [0.2, 0.25) is 0 Å². The van der Waals surface area contributed by atoms with Crippen LogP contribution in [0.5, 0.6) is 5.75 Å². The summed E-state index contributed by atoms with van der Waals surface area (Å²) in [5.41, 5.74) is 2.11. The van der Waals surface area contributed by atoms with Crippen molar-refractivity contribution in [2.45, 2.75) is 45.9 Å². The topological polar surface area (TPSA) is 74.3 Å². The van der Waals surface area contributed by atoms with Crippen LogP contribution in [-0.4, -0.2) is 22.2 Å². The number of β-amino-alcohol motifs (C(OH)–C–C–N with tert-alkyl or cyclic N) is 1. The fourth-order valence-electron chi connectivity index (χ4n) is 3.07. The summed E-state index contributed by atoms with van der Waals surface area (Å²) in [5.74, 6) is 1.02. The number of hydrogen-bond donors (Lipinski definition) is 3. The maximum Gasteiger partial charge on any atom is 0.248 e. The Morgan fingerprint density at radius 2 is 1.79 bits per heavy atom. The Morgan fingerprint density at radius 3 is 2.48 bits per heavy atom. The van der Waals surface area contributed by atoms with Gasteiger partial charge in [0, 0.05) is 23.5 Å². The molecule has 0 aliphatic carbocycles. The molecule has 3 N–H and O–H groups in total. The minimum Gasteiger partial charge on any atom is -0.487 e. The number of aliphatic hydroxyl groups is 1. The first kappa shape index (κ1) is 21.1. The monoisotopic (exact) mass is 394 g/mol. The lowest BCUT2D eigenvalue weighted by molar-refractivity contribution is 0.152. The van der Waals surface area contributed by atoms with Gasteiger partial charge in [0.25, 0.3) is 0 Å². The van der Waals surface area contributed by atoms with E-state index in [1.165, 1.54) is 6.07 Å². The molecule has 5 nitrogen and oxygen atoms in total. The Kier molecular flexibility index (Phi) is 6.40. The fourth-order valence-corrected chi connectivity index (χ4v) is 3.07. The molecular formula is C24H30N2O3. The van der Waals surface area contributed by atoms with Crippen molar-refractivity contribution in [1.82, 2.24) is 10.3 Å². The zero-order valence-electron chi connectivity index (χ0n) is 17.5. The average Bonchev–Trinajstić information content (AvgIpc) is 2.70. The maximum absolute atomic E-state index is 11.9. The van der Waals surface area contributed by atoms with Crippen molar-refractivity contribution < 1.29 is 9.84 Å². The van der Waals surface area contributed by atoms with Crippen LogP contribution < -0.4 is 15.6 Å². The molecule has 1 atom stereocenters. The fraction of sp³-hybridized carbons (Fsp3) is 0.375. The largest absolute Gasteiger partial charge is 0.487 e. The van der Waals surface area contributed by atoms with E-state index in [4.69, 9.17) is 4.74 Å². The molecule has 0 unspecified atom stereocenters. The Labute approximate surface area is 171 Å². The molecule has 0 radical (unpaired) electrons. The van der Waals surface area contributed by atoms with Gasteiger partial charge in [0.1, 0.15) is 12.4 Å². The van der Waals surface area contributed by atoms with Crippen molar-refractivity contribution in [2.24, 2.45) is 5.92 Å². The van der Waals surface area contributed by atoms with E-state index < -0.39 is 6.10 Å². The summed E-state index contributed by atoms with van der Waals surface area (Å²) in [6, 6.07) is 16.8. The third-order valence-corrected chi connectivity index (χ3v) is 5.68. The Hall–Kier alpha value is -2.63. The SMILES string of the molecule is CC(C)C(C)(C)NC[C@H](O)c1ccc(OCc2ccccc2)c2[nH]c(=O)ccc12. The Bertz CT molecular complexity index is 1010. The van der Waals surface area contributed by atoms with E-state index in [0.717, 1.165) is 16.5 Å². The number of H-pyrrole nitrogens is 1. The molecule has 0 saturated carbocycles. The predicted octanol–water partition coefficient (Wildman–Crippen LogP) is 4.16. The molecule has 1 heterocycles. The van der Waals surface area contributed by atoms with E-state index >= 15 is 0 Å². The highest BCUT2D eigenvalue weighted by Crippen LogP contribution is 2.30. The highest BCUT2D eigenvalue weighted by atomic mass is 16.5. The van der Waals surface area contributed by atoms with Crippen molar-refractivity contribution in [2.75, 3.05) is 6.54 Å². The number of benzene rings is 2. The van der Waals surface area contributed by atoms with E-state index in [0.29, 0.717) is 30.3 Å². The molecule has 0 bridgehead atoms. The number of ether oxygens (including phenoxy) is 1. The molecule has 0 amide bonds. The number of nitrogens with one attached hydrogen (secondary N) is 2. The molecule has 29 heavy (non-hydrogen) atoms. The lowest BCUT2D eigenvalue weighted by atomic mass is 9.90. The van der Waals surface area contributed by atoms with E-state index in [9.17, 15) is 9.90 Å². The number of aromatic nitrogens is 1. The number of hydrogen-bond acceptors (Lipinski definition) is 4. The third-order valence-electron chi connectivity index (χ3n) is 5.68. The summed E-state index contributed by atoms with van der Waals surface area (Å²) < 4.78 is 5.97. The van der Waals surface area contributed by atoms with Crippen LogP contribution in [0, 0.1) is 5.92 Å². The summed E-state index contributed by atoms with van der Waals surface area (Å²) >= 11 is 0. The molecule has 0 spiro atoms. The summed E-state index contributed by atoms with van der Waals surface area (Å²) in [4.78, 5) is 14.8. The lowest BCUT2D eigenvalue weighted by Crippen LogP contribution is -2.45. The first-order valence-corrected chi connectivity index (χ1v) is 10.0. The molecule has 2 aromatic carbocycles. The Balaban J connectivity index is 1.87. The minimum atomic E-state index is -0.704. The van der Waals surface area contributed by atoms with Gasteiger partial charge in [-0.05, 0) is 43.0 Å². The van der Waals surface area contributed by atoms with Crippen LogP contribution in [0.1, 0.15) is 44.9 Å². The van der Waals surface area contributed by atoms with E-state index in [-0.39, 0.29) is 11.1 Å². The summed E-state index contributed by atoms with van der Waals surface area (Å²) in [5, 5.41) is 15.1. The molecule has 0 aliphatic heterocycles. The normalized spacial score (nSPS) is 13.0. The van der Waals surface area contributed by atoms with Crippen molar-refractivity contribution in [3.63, 3.8) is 0 Å². The van der Waals surface area contributed by atoms with Crippen LogP contribution in [0.15, 0.2) is 59.4 Å². The second-order valence-corrected chi connectivity index (χ2v) is 8.31. The van der Waals surface area contributed by atoms with E-state index in [2.05, 4.69) is 38.0 Å². The minimum absolute atomic E-state index is 0.0934. The number of aromatic amines is 1. The van der Waals surface area contributed by atoms with Crippen molar-refractivity contribution >= 4 is 10.9 Å². The second kappa shape index (κ2) is 8.80. The van der Waals surface area contributed by atoms with E-state index in [1.54, 1.807) is 6.07 Å². The van der Waals surface area contributed by atoms with Crippen molar-refractivity contribution in [3.05, 3.63) is 76.1 Å². The first-order valence-electron chi connectivity index (χ1n) is 10.0. The van der Waals surface area contributed by atoms with Gasteiger partial charge in [0.05, 0.1) is 11.6 Å². The van der Waals surface area contributed by atoms with Gasteiger partial charge in [-0.3, -0.25) is 4.79 Å². The zero-order chi connectivity index (χ0) is 21.0. The van der Waals surface area contributed by atoms with Crippen LogP contribution in [0.4, 0.5) is 0 Å². The highest BCUT2D eigenvalue weighted by molar-refractivity contribution is 5.87. The maximum atomic E-state index is 11.9. The van der Waals surface area contributed by atoms with Gasteiger partial charge in [-0.1, -0.05) is 50.2 Å². The smallest absolute Gasteiger partial charge is 0.248 e.